The van der Waals surface area contributed by atoms with Crippen molar-refractivity contribution < 1.29 is 22.9 Å². The summed E-state index contributed by atoms with van der Waals surface area (Å²) >= 11 is 6.25. The second-order valence-corrected chi connectivity index (χ2v) is 18.7. The van der Waals surface area contributed by atoms with Crippen molar-refractivity contribution in [1.82, 2.24) is 14.5 Å². The molecule has 4 aliphatic rings. The number of hydrogen-bond donors (Lipinski definition) is 2. The van der Waals surface area contributed by atoms with Crippen LogP contribution in [0.3, 0.4) is 0 Å². The summed E-state index contributed by atoms with van der Waals surface area (Å²) in [6, 6.07) is 22.9. The molecule has 0 atom stereocenters. The zero-order valence-electron chi connectivity index (χ0n) is 34.6. The van der Waals surface area contributed by atoms with E-state index >= 15 is 0 Å². The normalized spacial score (nSPS) is 19.2. The molecule has 2 fully saturated rings. The summed E-state index contributed by atoms with van der Waals surface area (Å²) in [5, 5.41) is 16.1. The first-order chi connectivity index (χ1) is 29.5. The van der Waals surface area contributed by atoms with Gasteiger partial charge in [-0.3, -0.25) is 19.8 Å². The second-order valence-electron chi connectivity index (χ2n) is 16.6. The van der Waals surface area contributed by atoms with Crippen LogP contribution in [0.5, 0.6) is 11.5 Å². The van der Waals surface area contributed by atoms with Gasteiger partial charge in [0.05, 0.1) is 15.4 Å². The van der Waals surface area contributed by atoms with Gasteiger partial charge in [0.25, 0.3) is 21.6 Å². The van der Waals surface area contributed by atoms with Crippen LogP contribution in [0.25, 0.3) is 11.6 Å². The number of allylic oxidation sites excluding steroid dienone is 2. The number of piperazine rings is 1. The molecule has 4 aromatic carbocycles. The Labute approximate surface area is 363 Å². The average molecular weight is 865 g/mol. The van der Waals surface area contributed by atoms with Crippen LogP contribution in [0.1, 0.15) is 78.4 Å². The summed E-state index contributed by atoms with van der Waals surface area (Å²) in [5.74, 6) is -0.149. The topological polar surface area (TPSA) is 137 Å². The number of rotatable bonds is 12. The van der Waals surface area contributed by atoms with Crippen LogP contribution in [0.4, 0.5) is 17.1 Å². The molecule has 320 valence electrons. The van der Waals surface area contributed by atoms with Gasteiger partial charge in [0.1, 0.15) is 17.2 Å². The number of benzene rings is 4. The van der Waals surface area contributed by atoms with Crippen molar-refractivity contribution in [3.05, 3.63) is 128 Å². The number of nitrogens with zero attached hydrogens (tertiary/aromatic N) is 4. The van der Waals surface area contributed by atoms with Crippen molar-refractivity contribution in [2.24, 2.45) is 0 Å². The van der Waals surface area contributed by atoms with Crippen molar-refractivity contribution in [2.45, 2.75) is 68.7 Å². The Morgan fingerprint density at radius 1 is 0.885 bits per heavy atom. The lowest BCUT2D eigenvalue weighted by Crippen LogP contribution is -2.47. The van der Waals surface area contributed by atoms with Gasteiger partial charge in [-0.25, -0.2) is 13.1 Å². The third kappa shape index (κ3) is 10.1. The van der Waals surface area contributed by atoms with Crippen LogP contribution in [-0.2, 0) is 16.4 Å². The summed E-state index contributed by atoms with van der Waals surface area (Å²) in [5.41, 5.74) is 6.95. The molecule has 2 heterocycles. The quantitative estimate of drug-likeness (QED) is 0.105. The summed E-state index contributed by atoms with van der Waals surface area (Å²) in [7, 11) is -2.50. The zero-order valence-corrected chi connectivity index (χ0v) is 36.1. The van der Waals surface area contributed by atoms with E-state index in [4.69, 9.17) is 16.3 Å². The standard InChI is InChI=1S/C47H53ClN6O6S/c1-51-24-22-37(23-25-51)49-43-21-19-39(31-44(43)54(56)57)61(58,59)50-47(55)42-20-18-38(30-46(42)60-45-13-7-10-33-9-6-12-41(33)45)53-28-26-52(27-29-53)32-35-8-4-2-3-5-11-40(35)34-14-16-36(48)17-15-34/h6-7,10,12-21,30-31,37,49H,2-5,8-9,11,22-29,32H2,1H3,(H,50,55)/b40-35-. The lowest BCUT2D eigenvalue weighted by atomic mass is 9.88. The van der Waals surface area contributed by atoms with Crippen molar-refractivity contribution in [2.75, 3.05) is 63.1 Å². The molecule has 4 aromatic rings. The molecule has 1 amide bonds. The highest BCUT2D eigenvalue weighted by Gasteiger charge is 2.29. The smallest absolute Gasteiger partial charge is 0.293 e. The van der Waals surface area contributed by atoms with Gasteiger partial charge in [-0.05, 0) is 124 Å². The van der Waals surface area contributed by atoms with Gasteiger partial charge < -0.3 is 19.9 Å². The van der Waals surface area contributed by atoms with Gasteiger partial charge in [-0.1, -0.05) is 66.4 Å². The molecule has 0 saturated carbocycles. The van der Waals surface area contributed by atoms with Gasteiger partial charge in [0.15, 0.2) is 0 Å². The molecular weight excluding hydrogens is 812 g/mol. The predicted octanol–water partition coefficient (Wildman–Crippen LogP) is 9.16. The molecule has 12 nitrogen and oxygen atoms in total. The van der Waals surface area contributed by atoms with Crippen LogP contribution < -0.4 is 19.7 Å². The number of fused-ring (bicyclic) bond motifs is 1. The van der Waals surface area contributed by atoms with Crippen LogP contribution >= 0.6 is 11.6 Å². The Morgan fingerprint density at radius 2 is 1.64 bits per heavy atom. The van der Waals surface area contributed by atoms with Crippen LogP contribution in [0.15, 0.2) is 95.4 Å². The van der Waals surface area contributed by atoms with Crippen LogP contribution in [0.2, 0.25) is 5.02 Å². The van der Waals surface area contributed by atoms with Gasteiger partial charge in [-0.2, -0.15) is 0 Å². The number of ether oxygens (including phenoxy) is 1. The highest BCUT2D eigenvalue weighted by molar-refractivity contribution is 7.90. The van der Waals surface area contributed by atoms with Gasteiger partial charge in [0.2, 0.25) is 0 Å². The first-order valence-electron chi connectivity index (χ1n) is 21.4. The maximum atomic E-state index is 14.0. The van der Waals surface area contributed by atoms with E-state index < -0.39 is 20.9 Å². The Bertz CT molecular complexity index is 2440. The molecule has 14 heteroatoms. The van der Waals surface area contributed by atoms with Crippen LogP contribution in [-0.4, -0.2) is 88.0 Å². The van der Waals surface area contributed by atoms with E-state index in [0.29, 0.717) is 5.75 Å². The molecule has 61 heavy (non-hydrogen) atoms. The average Bonchev–Trinajstić information content (AvgIpc) is 3.74. The summed E-state index contributed by atoms with van der Waals surface area (Å²) in [6.07, 6.45) is 13.5. The number of sulfonamides is 1. The van der Waals surface area contributed by atoms with Crippen molar-refractivity contribution in [3.8, 4) is 11.5 Å². The first kappa shape index (κ1) is 42.5. The van der Waals surface area contributed by atoms with Gasteiger partial charge >= 0.3 is 0 Å². The van der Waals surface area contributed by atoms with E-state index in [1.165, 1.54) is 54.5 Å². The number of carbonyl (C=O) groups is 1. The second kappa shape index (κ2) is 18.8. The highest BCUT2D eigenvalue weighted by Crippen LogP contribution is 2.37. The minimum atomic E-state index is -4.53. The summed E-state index contributed by atoms with van der Waals surface area (Å²) in [6.45, 7) is 5.83. The van der Waals surface area contributed by atoms with Crippen molar-refractivity contribution in [1.29, 1.82) is 0 Å². The zero-order chi connectivity index (χ0) is 42.5. The Kier molecular flexibility index (Phi) is 13.1. The largest absolute Gasteiger partial charge is 0.456 e. The molecular formula is C47H53ClN6O6S. The maximum Gasteiger partial charge on any atom is 0.293 e. The minimum absolute atomic E-state index is 0.0196. The molecule has 0 aromatic heterocycles. The number of carbonyl (C=O) groups excluding carboxylic acids is 1. The Balaban J connectivity index is 1.01. The Hall–Kier alpha value is -5.21. The van der Waals surface area contributed by atoms with Gasteiger partial charge in [-0.15, -0.1) is 0 Å². The fraction of sp³-hybridized carbons (Fsp3) is 0.383. The SMILES string of the molecule is CN1CCC(Nc2ccc(S(=O)(=O)NC(=O)c3ccc(N4CCN(C/C5=C(\c6ccc(Cl)cc6)CCCCCC5)CC4)cc3Oc3cccc4c3C=CC4)cc2[N+](=O)[O-])CC1. The first-order valence-corrected chi connectivity index (χ1v) is 23.2. The lowest BCUT2D eigenvalue weighted by molar-refractivity contribution is -0.384. The lowest BCUT2D eigenvalue weighted by Gasteiger charge is -2.37. The highest BCUT2D eigenvalue weighted by atomic mass is 35.5. The number of anilines is 2. The molecule has 0 radical (unpaired) electrons. The summed E-state index contributed by atoms with van der Waals surface area (Å²) < 4.78 is 36.2. The monoisotopic (exact) mass is 864 g/mol. The summed E-state index contributed by atoms with van der Waals surface area (Å²) in [4.78, 5) is 32.1. The van der Waals surface area contributed by atoms with E-state index in [-0.39, 0.29) is 33.6 Å². The third-order valence-electron chi connectivity index (χ3n) is 12.4. The van der Waals surface area contributed by atoms with Gasteiger partial charge in [0, 0.05) is 67.2 Å². The van der Waals surface area contributed by atoms with Crippen molar-refractivity contribution in [3.63, 3.8) is 0 Å². The van der Waals surface area contributed by atoms with E-state index in [0.717, 1.165) is 106 Å². The number of nitro benzene ring substituents is 1. The minimum Gasteiger partial charge on any atom is -0.456 e. The van der Waals surface area contributed by atoms with E-state index in [1.807, 2.05) is 55.6 Å². The van der Waals surface area contributed by atoms with E-state index in [1.54, 1.807) is 12.1 Å². The number of likely N-dealkylation sites (tertiary alicyclic amines) is 1. The fourth-order valence-corrected chi connectivity index (χ4v) is 10.0. The molecule has 2 aliphatic carbocycles. The van der Waals surface area contributed by atoms with Crippen LogP contribution in [0, 0.1) is 10.1 Å². The number of halogens is 1. The predicted molar refractivity (Wildman–Crippen MR) is 242 cm³/mol. The van der Waals surface area contributed by atoms with Crippen molar-refractivity contribution >= 4 is 56.2 Å². The fourth-order valence-electron chi connectivity index (χ4n) is 8.94. The molecule has 2 saturated heterocycles. The Morgan fingerprint density at radius 3 is 2.39 bits per heavy atom. The molecule has 0 unspecified atom stereocenters. The molecule has 0 spiro atoms. The number of nitro groups is 1. The van der Waals surface area contributed by atoms with E-state index in [9.17, 15) is 23.3 Å². The third-order valence-corrected chi connectivity index (χ3v) is 14.0. The molecule has 2 N–H and O–H groups in total. The van der Waals surface area contributed by atoms with E-state index in [2.05, 4.69) is 36.9 Å². The number of hydrogen-bond acceptors (Lipinski definition) is 10. The number of nitrogens with one attached hydrogen (secondary N) is 2. The molecule has 0 bridgehead atoms. The number of amides is 1. The number of piperidine rings is 1. The molecule has 8 rings (SSSR count). The molecule has 2 aliphatic heterocycles. The maximum absolute atomic E-state index is 14.0.